The molecule has 4 rings (SSSR count). The summed E-state index contributed by atoms with van der Waals surface area (Å²) in [4.78, 5) is 42.3. The summed E-state index contributed by atoms with van der Waals surface area (Å²) in [6, 6.07) is 6.57. The molecule has 3 aliphatic rings. The van der Waals surface area contributed by atoms with Gasteiger partial charge in [0.25, 0.3) is 5.91 Å². The van der Waals surface area contributed by atoms with Crippen LogP contribution in [0.5, 0.6) is 0 Å². The van der Waals surface area contributed by atoms with Gasteiger partial charge in [-0.25, -0.2) is 4.79 Å². The van der Waals surface area contributed by atoms with E-state index in [4.69, 9.17) is 11.6 Å². The van der Waals surface area contributed by atoms with E-state index in [-0.39, 0.29) is 35.2 Å². The van der Waals surface area contributed by atoms with E-state index in [1.165, 1.54) is 0 Å². The number of nitrogens with zero attached hydrogens (tertiary/aromatic N) is 2. The van der Waals surface area contributed by atoms with Crippen LogP contribution in [-0.2, 0) is 15.1 Å². The lowest BCUT2D eigenvalue weighted by molar-refractivity contribution is -0.140. The molecule has 0 radical (unpaired) electrons. The third kappa shape index (κ3) is 3.39. The Morgan fingerprint density at radius 3 is 2.47 bits per heavy atom. The summed E-state index contributed by atoms with van der Waals surface area (Å²) in [6.07, 6.45) is 3.42. The molecule has 6 nitrogen and oxygen atoms in total. The van der Waals surface area contributed by atoms with E-state index >= 15 is 0 Å². The first kappa shape index (κ1) is 21.2. The van der Waals surface area contributed by atoms with Crippen LogP contribution in [0.3, 0.4) is 0 Å². The number of benzene rings is 1. The lowest BCUT2D eigenvalue weighted by Gasteiger charge is -2.39. The largest absolute Gasteiger partial charge is 0.338 e. The van der Waals surface area contributed by atoms with E-state index in [1.54, 1.807) is 24.3 Å². The molecule has 2 aliphatic heterocycles. The number of fused-ring (bicyclic) bond motifs is 2. The van der Waals surface area contributed by atoms with Crippen molar-refractivity contribution < 1.29 is 14.4 Å². The number of hydrogen-bond acceptors (Lipinski definition) is 3. The van der Waals surface area contributed by atoms with Crippen LogP contribution in [0.1, 0.15) is 58.9 Å². The van der Waals surface area contributed by atoms with Crippen LogP contribution in [-0.4, -0.2) is 46.8 Å². The third-order valence-electron chi connectivity index (χ3n) is 7.07. The van der Waals surface area contributed by atoms with Crippen molar-refractivity contribution in [3.63, 3.8) is 0 Å². The second kappa shape index (κ2) is 6.98. The van der Waals surface area contributed by atoms with Gasteiger partial charge < -0.3 is 10.2 Å². The molecule has 4 amide bonds. The Hall–Kier alpha value is -2.08. The van der Waals surface area contributed by atoms with Crippen LogP contribution in [0.4, 0.5) is 4.79 Å². The van der Waals surface area contributed by atoms with Crippen LogP contribution in [0.2, 0.25) is 5.02 Å². The van der Waals surface area contributed by atoms with Gasteiger partial charge in [-0.2, -0.15) is 0 Å². The summed E-state index contributed by atoms with van der Waals surface area (Å²) < 4.78 is 0. The summed E-state index contributed by atoms with van der Waals surface area (Å²) in [6.45, 7) is 9.08. The lowest BCUT2D eigenvalue weighted by Crippen LogP contribution is -2.46. The highest BCUT2D eigenvalue weighted by Gasteiger charge is 2.54. The molecular formula is C23H30ClN3O3. The molecule has 7 heteroatoms. The molecule has 1 aromatic rings. The van der Waals surface area contributed by atoms with Crippen LogP contribution in [0.15, 0.2) is 24.3 Å². The van der Waals surface area contributed by atoms with Gasteiger partial charge in [0.15, 0.2) is 0 Å². The molecule has 2 heterocycles. The van der Waals surface area contributed by atoms with Crippen LogP contribution < -0.4 is 5.32 Å². The predicted octanol–water partition coefficient (Wildman–Crippen LogP) is 3.92. The molecule has 0 spiro atoms. The first-order valence-electron chi connectivity index (χ1n) is 10.7. The monoisotopic (exact) mass is 431 g/mol. The summed E-state index contributed by atoms with van der Waals surface area (Å²) in [5, 5.41) is 3.40. The topological polar surface area (TPSA) is 69.7 Å². The van der Waals surface area contributed by atoms with E-state index in [2.05, 4.69) is 26.1 Å². The maximum absolute atomic E-state index is 13.3. The number of urea groups is 1. The SMILES string of the molecule is CC[C@]1(c2ccc(Cl)cc2)NC(=O)N(CC(=O)N2C[C@@]3(C)C[C@H]2CC(C)(C)C3)C1=O. The van der Waals surface area contributed by atoms with Gasteiger partial charge in [-0.3, -0.25) is 14.5 Å². The van der Waals surface area contributed by atoms with Crippen LogP contribution in [0, 0.1) is 10.8 Å². The van der Waals surface area contributed by atoms with Crippen molar-refractivity contribution in [2.45, 2.75) is 65.0 Å². The van der Waals surface area contributed by atoms with Gasteiger partial charge in [-0.05, 0) is 54.2 Å². The molecule has 3 atom stereocenters. The summed E-state index contributed by atoms with van der Waals surface area (Å²) in [5.74, 6) is -0.521. The zero-order valence-corrected chi connectivity index (χ0v) is 18.9. The van der Waals surface area contributed by atoms with E-state index < -0.39 is 11.6 Å². The van der Waals surface area contributed by atoms with E-state index in [1.807, 2.05) is 11.8 Å². The summed E-state index contributed by atoms with van der Waals surface area (Å²) >= 11 is 5.98. The number of hydrogen-bond donors (Lipinski definition) is 1. The number of nitrogens with one attached hydrogen (secondary N) is 1. The van der Waals surface area contributed by atoms with Crippen molar-refractivity contribution in [1.82, 2.24) is 15.1 Å². The van der Waals surface area contributed by atoms with Gasteiger partial charge in [-0.1, -0.05) is 51.4 Å². The highest BCUT2D eigenvalue weighted by Crippen LogP contribution is 2.52. The molecular weight excluding hydrogens is 402 g/mol. The van der Waals surface area contributed by atoms with Crippen molar-refractivity contribution in [2.75, 3.05) is 13.1 Å². The van der Waals surface area contributed by atoms with Crippen molar-refractivity contribution in [3.8, 4) is 0 Å². The van der Waals surface area contributed by atoms with Gasteiger partial charge >= 0.3 is 6.03 Å². The van der Waals surface area contributed by atoms with Crippen LogP contribution in [0.25, 0.3) is 0 Å². The number of carbonyl (C=O) groups is 3. The van der Waals surface area contributed by atoms with Crippen molar-refractivity contribution in [1.29, 1.82) is 0 Å². The summed E-state index contributed by atoms with van der Waals surface area (Å²) in [5.41, 5.74) is -0.180. The molecule has 2 bridgehead atoms. The van der Waals surface area contributed by atoms with E-state index in [0.29, 0.717) is 23.6 Å². The number of amides is 4. The highest BCUT2D eigenvalue weighted by molar-refractivity contribution is 6.30. The fraction of sp³-hybridized carbons (Fsp3) is 0.609. The number of rotatable bonds is 4. The Morgan fingerprint density at radius 2 is 1.83 bits per heavy atom. The number of imide groups is 1. The lowest BCUT2D eigenvalue weighted by atomic mass is 9.65. The second-order valence-electron chi connectivity index (χ2n) is 10.3. The Kier molecular flexibility index (Phi) is 4.92. The smallest absolute Gasteiger partial charge is 0.325 e. The average molecular weight is 432 g/mol. The Morgan fingerprint density at radius 1 is 1.17 bits per heavy atom. The first-order chi connectivity index (χ1) is 14.0. The molecule has 1 N–H and O–H groups in total. The van der Waals surface area contributed by atoms with E-state index in [9.17, 15) is 14.4 Å². The highest BCUT2D eigenvalue weighted by atomic mass is 35.5. The predicted molar refractivity (Wildman–Crippen MR) is 115 cm³/mol. The van der Waals surface area contributed by atoms with Gasteiger partial charge in [0.2, 0.25) is 5.91 Å². The minimum atomic E-state index is -1.16. The quantitative estimate of drug-likeness (QED) is 0.734. The Labute approximate surface area is 182 Å². The Bertz CT molecular complexity index is 899. The molecule has 0 unspecified atom stereocenters. The zero-order chi connectivity index (χ0) is 21.9. The molecule has 1 saturated carbocycles. The normalized spacial score (nSPS) is 32.5. The van der Waals surface area contributed by atoms with Crippen molar-refractivity contribution >= 4 is 29.4 Å². The van der Waals surface area contributed by atoms with Gasteiger partial charge in [0.1, 0.15) is 12.1 Å². The molecule has 30 heavy (non-hydrogen) atoms. The number of likely N-dealkylation sites (tertiary alicyclic amines) is 1. The van der Waals surface area contributed by atoms with Gasteiger partial charge in [0.05, 0.1) is 0 Å². The second-order valence-corrected chi connectivity index (χ2v) is 10.8. The van der Waals surface area contributed by atoms with Crippen molar-refractivity contribution in [2.24, 2.45) is 10.8 Å². The maximum atomic E-state index is 13.3. The first-order valence-corrected chi connectivity index (χ1v) is 11.1. The zero-order valence-electron chi connectivity index (χ0n) is 18.1. The van der Waals surface area contributed by atoms with Crippen molar-refractivity contribution in [3.05, 3.63) is 34.9 Å². The minimum Gasteiger partial charge on any atom is -0.338 e. The van der Waals surface area contributed by atoms with Gasteiger partial charge in [0, 0.05) is 17.6 Å². The summed E-state index contributed by atoms with van der Waals surface area (Å²) in [7, 11) is 0. The average Bonchev–Trinajstić information content (AvgIpc) is 3.06. The standard InChI is InChI=1S/C23H30ClN3O3/c1-5-23(15-6-8-16(24)9-7-15)19(29)26(20(30)25-23)12-18(28)27-14-22(4)11-17(27)10-21(2,3)13-22/h6-9,17H,5,10-14H2,1-4H3,(H,25,30)/t17-,22+,23-/m1/s1. The van der Waals surface area contributed by atoms with Crippen LogP contribution >= 0.6 is 11.6 Å². The molecule has 162 valence electrons. The molecule has 1 aliphatic carbocycles. The molecule has 0 aromatic heterocycles. The molecule has 1 aromatic carbocycles. The molecule has 3 fully saturated rings. The number of carbonyl (C=O) groups excluding carboxylic acids is 3. The Balaban J connectivity index is 1.54. The minimum absolute atomic E-state index is 0.107. The molecule has 2 saturated heterocycles. The third-order valence-corrected chi connectivity index (χ3v) is 7.32. The van der Waals surface area contributed by atoms with E-state index in [0.717, 1.165) is 24.2 Å². The maximum Gasteiger partial charge on any atom is 0.325 e. The fourth-order valence-electron chi connectivity index (χ4n) is 6.12. The van der Waals surface area contributed by atoms with Gasteiger partial charge in [-0.15, -0.1) is 0 Å². The fourth-order valence-corrected chi connectivity index (χ4v) is 6.25. The number of halogens is 1.